The molecule has 0 bridgehead atoms. The molecule has 0 spiro atoms. The Morgan fingerprint density at radius 3 is 2.43 bits per heavy atom. The average molecular weight is 305 g/mol. The molecule has 110 valence electrons. The number of rotatable bonds is 5. The Labute approximate surface area is 128 Å². The minimum atomic E-state index is -0.305. The standard InChI is InChI=1S/C15H17ClN4O/c1-10(2)9-17-14-8-7-13(19-20-14)15(21)18-12-5-3-11(16)4-6-12/h3-8,10H,9H2,1-2H3,(H,17,20)(H,18,21). The van der Waals surface area contributed by atoms with E-state index in [-0.39, 0.29) is 11.6 Å². The zero-order valence-corrected chi connectivity index (χ0v) is 12.7. The molecule has 0 fully saturated rings. The van der Waals surface area contributed by atoms with Gasteiger partial charge < -0.3 is 10.6 Å². The van der Waals surface area contributed by atoms with E-state index in [1.165, 1.54) is 0 Å². The highest BCUT2D eigenvalue weighted by atomic mass is 35.5. The van der Waals surface area contributed by atoms with Crippen LogP contribution in [0.5, 0.6) is 0 Å². The van der Waals surface area contributed by atoms with Crippen LogP contribution < -0.4 is 10.6 Å². The van der Waals surface area contributed by atoms with Gasteiger partial charge in [-0.05, 0) is 42.3 Å². The first-order valence-electron chi connectivity index (χ1n) is 6.69. The maximum atomic E-state index is 12.0. The topological polar surface area (TPSA) is 66.9 Å². The van der Waals surface area contributed by atoms with Gasteiger partial charge in [-0.2, -0.15) is 0 Å². The summed E-state index contributed by atoms with van der Waals surface area (Å²) in [4.78, 5) is 12.0. The summed E-state index contributed by atoms with van der Waals surface area (Å²) in [5.41, 5.74) is 0.924. The number of benzene rings is 1. The lowest BCUT2D eigenvalue weighted by molar-refractivity contribution is 0.102. The molecule has 2 rings (SSSR count). The Morgan fingerprint density at radius 2 is 1.86 bits per heavy atom. The Morgan fingerprint density at radius 1 is 1.14 bits per heavy atom. The maximum absolute atomic E-state index is 12.0. The molecule has 0 aliphatic carbocycles. The molecule has 0 radical (unpaired) electrons. The van der Waals surface area contributed by atoms with Gasteiger partial charge in [-0.25, -0.2) is 0 Å². The predicted molar refractivity (Wildman–Crippen MR) is 84.8 cm³/mol. The molecule has 1 amide bonds. The molecule has 2 aromatic rings. The van der Waals surface area contributed by atoms with Crippen LogP contribution in [-0.2, 0) is 0 Å². The zero-order chi connectivity index (χ0) is 15.2. The number of anilines is 2. The molecule has 1 aromatic heterocycles. The second kappa shape index (κ2) is 7.04. The van der Waals surface area contributed by atoms with Crippen molar-refractivity contribution in [3.63, 3.8) is 0 Å². The first-order chi connectivity index (χ1) is 10.0. The normalized spacial score (nSPS) is 10.5. The van der Waals surface area contributed by atoms with E-state index in [1.807, 2.05) is 0 Å². The third kappa shape index (κ3) is 4.72. The minimum Gasteiger partial charge on any atom is -0.368 e. The quantitative estimate of drug-likeness (QED) is 0.888. The molecular formula is C15H17ClN4O. The van der Waals surface area contributed by atoms with Crippen LogP contribution in [0.3, 0.4) is 0 Å². The molecule has 0 atom stereocenters. The van der Waals surface area contributed by atoms with E-state index in [0.717, 1.165) is 6.54 Å². The Bertz CT molecular complexity index is 596. The second-order valence-corrected chi connectivity index (χ2v) is 5.48. The van der Waals surface area contributed by atoms with Gasteiger partial charge in [0.15, 0.2) is 5.69 Å². The molecule has 1 heterocycles. The van der Waals surface area contributed by atoms with Crippen molar-refractivity contribution in [2.24, 2.45) is 5.92 Å². The van der Waals surface area contributed by atoms with E-state index in [2.05, 4.69) is 34.7 Å². The average Bonchev–Trinajstić information content (AvgIpc) is 2.48. The predicted octanol–water partition coefficient (Wildman–Crippen LogP) is 3.45. The van der Waals surface area contributed by atoms with Crippen LogP contribution in [0.2, 0.25) is 5.02 Å². The number of aromatic nitrogens is 2. The summed E-state index contributed by atoms with van der Waals surface area (Å²) in [7, 11) is 0. The largest absolute Gasteiger partial charge is 0.368 e. The third-order valence-corrected chi connectivity index (χ3v) is 2.94. The molecule has 5 nitrogen and oxygen atoms in total. The molecule has 2 N–H and O–H groups in total. The van der Waals surface area contributed by atoms with Gasteiger partial charge >= 0.3 is 0 Å². The van der Waals surface area contributed by atoms with Gasteiger partial charge in [0, 0.05) is 17.3 Å². The fraction of sp³-hybridized carbons (Fsp3) is 0.267. The molecule has 0 saturated heterocycles. The van der Waals surface area contributed by atoms with Crippen molar-refractivity contribution < 1.29 is 4.79 Å². The van der Waals surface area contributed by atoms with Crippen LogP contribution in [-0.4, -0.2) is 22.6 Å². The van der Waals surface area contributed by atoms with E-state index in [4.69, 9.17) is 11.6 Å². The van der Waals surface area contributed by atoms with Gasteiger partial charge in [-0.3, -0.25) is 4.79 Å². The number of carbonyl (C=O) groups is 1. The highest BCUT2D eigenvalue weighted by molar-refractivity contribution is 6.30. The molecule has 0 aliphatic rings. The maximum Gasteiger partial charge on any atom is 0.276 e. The Kier molecular flexibility index (Phi) is 5.11. The van der Waals surface area contributed by atoms with Gasteiger partial charge in [0.2, 0.25) is 0 Å². The fourth-order valence-corrected chi connectivity index (χ4v) is 1.71. The van der Waals surface area contributed by atoms with Gasteiger partial charge in [0.1, 0.15) is 5.82 Å². The number of hydrogen-bond acceptors (Lipinski definition) is 4. The van der Waals surface area contributed by atoms with E-state index in [9.17, 15) is 4.79 Å². The molecule has 0 unspecified atom stereocenters. The van der Waals surface area contributed by atoms with Crippen LogP contribution in [0.25, 0.3) is 0 Å². The second-order valence-electron chi connectivity index (χ2n) is 5.04. The third-order valence-electron chi connectivity index (χ3n) is 2.69. The van der Waals surface area contributed by atoms with Crippen molar-refractivity contribution in [2.45, 2.75) is 13.8 Å². The number of halogens is 1. The Hall–Kier alpha value is -2.14. The lowest BCUT2D eigenvalue weighted by atomic mass is 10.2. The summed E-state index contributed by atoms with van der Waals surface area (Å²) in [6, 6.07) is 10.3. The van der Waals surface area contributed by atoms with Crippen molar-refractivity contribution in [2.75, 3.05) is 17.2 Å². The van der Waals surface area contributed by atoms with Crippen molar-refractivity contribution in [3.05, 3.63) is 47.1 Å². The molecule has 1 aromatic carbocycles. The van der Waals surface area contributed by atoms with Crippen LogP contribution in [0.4, 0.5) is 11.5 Å². The van der Waals surface area contributed by atoms with Crippen LogP contribution >= 0.6 is 11.6 Å². The van der Waals surface area contributed by atoms with Gasteiger partial charge in [-0.15, -0.1) is 10.2 Å². The number of nitrogens with zero attached hydrogens (tertiary/aromatic N) is 2. The van der Waals surface area contributed by atoms with Gasteiger partial charge in [-0.1, -0.05) is 25.4 Å². The van der Waals surface area contributed by atoms with E-state index >= 15 is 0 Å². The number of nitrogens with one attached hydrogen (secondary N) is 2. The summed E-state index contributed by atoms with van der Waals surface area (Å²) in [6.45, 7) is 5.02. The van der Waals surface area contributed by atoms with Crippen molar-refractivity contribution in [1.82, 2.24) is 10.2 Å². The summed E-state index contributed by atoms with van der Waals surface area (Å²) < 4.78 is 0. The number of hydrogen-bond donors (Lipinski definition) is 2. The highest BCUT2D eigenvalue weighted by Gasteiger charge is 2.08. The van der Waals surface area contributed by atoms with Crippen molar-refractivity contribution in [3.8, 4) is 0 Å². The van der Waals surface area contributed by atoms with E-state index in [0.29, 0.717) is 22.4 Å². The molecular weight excluding hydrogens is 288 g/mol. The number of carbonyl (C=O) groups excluding carboxylic acids is 1. The highest BCUT2D eigenvalue weighted by Crippen LogP contribution is 2.14. The van der Waals surface area contributed by atoms with E-state index in [1.54, 1.807) is 36.4 Å². The summed E-state index contributed by atoms with van der Waals surface area (Å²) >= 11 is 5.79. The van der Waals surface area contributed by atoms with Crippen molar-refractivity contribution >= 4 is 29.0 Å². The van der Waals surface area contributed by atoms with Crippen LogP contribution in [0.1, 0.15) is 24.3 Å². The summed E-state index contributed by atoms with van der Waals surface area (Å²) in [5.74, 6) is 0.867. The van der Waals surface area contributed by atoms with Crippen LogP contribution in [0, 0.1) is 5.92 Å². The van der Waals surface area contributed by atoms with Crippen molar-refractivity contribution in [1.29, 1.82) is 0 Å². The fourth-order valence-electron chi connectivity index (χ4n) is 1.58. The smallest absolute Gasteiger partial charge is 0.276 e. The van der Waals surface area contributed by atoms with E-state index < -0.39 is 0 Å². The molecule has 0 aliphatic heterocycles. The molecule has 0 saturated carbocycles. The molecule has 21 heavy (non-hydrogen) atoms. The summed E-state index contributed by atoms with van der Waals surface area (Å²) in [5, 5.41) is 14.4. The zero-order valence-electron chi connectivity index (χ0n) is 11.9. The first-order valence-corrected chi connectivity index (χ1v) is 7.07. The van der Waals surface area contributed by atoms with Gasteiger partial charge in [0.25, 0.3) is 5.91 Å². The van der Waals surface area contributed by atoms with Crippen LogP contribution in [0.15, 0.2) is 36.4 Å². The number of amides is 1. The monoisotopic (exact) mass is 304 g/mol. The SMILES string of the molecule is CC(C)CNc1ccc(C(=O)Nc2ccc(Cl)cc2)nn1. The lowest BCUT2D eigenvalue weighted by Crippen LogP contribution is -2.15. The molecule has 6 heteroatoms. The Balaban J connectivity index is 1.97. The minimum absolute atomic E-state index is 0.264. The van der Waals surface area contributed by atoms with Gasteiger partial charge in [0.05, 0.1) is 0 Å². The summed E-state index contributed by atoms with van der Waals surface area (Å²) in [6.07, 6.45) is 0. The first kappa shape index (κ1) is 15.3. The lowest BCUT2D eigenvalue weighted by Gasteiger charge is -2.08.